The highest BCUT2D eigenvalue weighted by atomic mass is 32.1. The van der Waals surface area contributed by atoms with Gasteiger partial charge in [-0.15, -0.1) is 11.3 Å². The molecule has 1 fully saturated rings. The van der Waals surface area contributed by atoms with Crippen molar-refractivity contribution in [2.24, 2.45) is 5.92 Å². The van der Waals surface area contributed by atoms with E-state index in [2.05, 4.69) is 4.90 Å². The molecule has 5 nitrogen and oxygen atoms in total. The first-order chi connectivity index (χ1) is 13.7. The molecule has 0 amide bonds. The minimum absolute atomic E-state index is 0.0291. The molecule has 1 unspecified atom stereocenters. The largest absolute Gasteiger partial charge is 0.493 e. The molecule has 2 aliphatic rings. The number of aromatic nitrogens is 1. The third kappa shape index (κ3) is 4.08. The van der Waals surface area contributed by atoms with Gasteiger partial charge in [-0.05, 0) is 63.3 Å². The fourth-order valence-electron chi connectivity index (χ4n) is 4.30. The summed E-state index contributed by atoms with van der Waals surface area (Å²) in [4.78, 5) is 21.8. The van der Waals surface area contributed by atoms with Crippen molar-refractivity contribution in [3.05, 3.63) is 39.3 Å². The molecular weight excluding hydrogens is 372 g/mol. The van der Waals surface area contributed by atoms with Gasteiger partial charge in [0.05, 0.1) is 26.5 Å². The number of aryl methyl sites for hydroxylation is 2. The molecule has 0 spiro atoms. The SMILES string of the molecule is COc1ccc(C(=O)C2CCCN(Cc3nc4c(s3)CCCC4)C2)cc1OC. The number of Topliss-reactive ketones (excluding diaryl/α,β-unsaturated/α-hetero) is 1. The van der Waals surface area contributed by atoms with Crippen molar-refractivity contribution in [2.45, 2.75) is 45.1 Å². The predicted octanol–water partition coefficient (Wildman–Crippen LogP) is 4.13. The zero-order valence-corrected chi connectivity index (χ0v) is 17.5. The summed E-state index contributed by atoms with van der Waals surface area (Å²) >= 11 is 1.88. The van der Waals surface area contributed by atoms with Crippen LogP contribution in [0.15, 0.2) is 18.2 Å². The number of thiazole rings is 1. The van der Waals surface area contributed by atoms with E-state index in [1.54, 1.807) is 20.3 Å². The number of nitrogens with zero attached hydrogens (tertiary/aromatic N) is 2. The Morgan fingerprint density at radius 2 is 2.00 bits per heavy atom. The van der Waals surface area contributed by atoms with Crippen LogP contribution in [-0.2, 0) is 19.4 Å². The third-order valence-corrected chi connectivity index (χ3v) is 6.94. The first-order valence-corrected chi connectivity index (χ1v) is 11.0. The topological polar surface area (TPSA) is 51.7 Å². The van der Waals surface area contributed by atoms with Gasteiger partial charge in [-0.25, -0.2) is 4.98 Å². The summed E-state index contributed by atoms with van der Waals surface area (Å²) in [5.41, 5.74) is 2.02. The number of ketones is 1. The maximum absolute atomic E-state index is 13.1. The molecule has 0 bridgehead atoms. The van der Waals surface area contributed by atoms with Crippen LogP contribution in [0.4, 0.5) is 0 Å². The molecule has 1 atom stereocenters. The molecule has 28 heavy (non-hydrogen) atoms. The molecule has 6 heteroatoms. The van der Waals surface area contributed by atoms with Gasteiger partial charge < -0.3 is 9.47 Å². The van der Waals surface area contributed by atoms with E-state index in [4.69, 9.17) is 14.5 Å². The van der Waals surface area contributed by atoms with Crippen LogP contribution in [0, 0.1) is 5.92 Å². The van der Waals surface area contributed by atoms with Gasteiger partial charge in [0.15, 0.2) is 17.3 Å². The van der Waals surface area contributed by atoms with Crippen molar-refractivity contribution in [3.63, 3.8) is 0 Å². The standard InChI is InChI=1S/C22H28N2O3S/c1-26-18-10-9-15(12-19(18)27-2)22(25)16-6-5-11-24(13-16)14-21-23-17-7-3-4-8-20(17)28-21/h9-10,12,16H,3-8,11,13-14H2,1-2H3. The summed E-state index contributed by atoms with van der Waals surface area (Å²) in [5, 5.41) is 1.21. The van der Waals surface area contributed by atoms with Crippen molar-refractivity contribution in [1.29, 1.82) is 0 Å². The van der Waals surface area contributed by atoms with Crippen LogP contribution < -0.4 is 9.47 Å². The number of hydrogen-bond donors (Lipinski definition) is 0. The summed E-state index contributed by atoms with van der Waals surface area (Å²) in [7, 11) is 3.21. The molecule has 1 saturated heterocycles. The van der Waals surface area contributed by atoms with Crippen molar-refractivity contribution in [3.8, 4) is 11.5 Å². The van der Waals surface area contributed by atoms with Crippen molar-refractivity contribution < 1.29 is 14.3 Å². The Balaban J connectivity index is 1.43. The number of methoxy groups -OCH3 is 2. The van der Waals surface area contributed by atoms with Crippen LogP contribution in [0.25, 0.3) is 0 Å². The summed E-state index contributed by atoms with van der Waals surface area (Å²) in [6.45, 7) is 2.71. The highest BCUT2D eigenvalue weighted by Crippen LogP contribution is 2.31. The van der Waals surface area contributed by atoms with Gasteiger partial charge in [0.25, 0.3) is 0 Å². The molecule has 0 radical (unpaired) electrons. The van der Waals surface area contributed by atoms with Crippen LogP contribution in [-0.4, -0.2) is 43.0 Å². The molecule has 2 aromatic rings. The Bertz CT molecular complexity index is 825. The lowest BCUT2D eigenvalue weighted by molar-refractivity contribution is 0.0811. The number of carbonyl (C=O) groups excluding carboxylic acids is 1. The monoisotopic (exact) mass is 400 g/mol. The summed E-state index contributed by atoms with van der Waals surface area (Å²) in [6, 6.07) is 5.46. The lowest BCUT2D eigenvalue weighted by atomic mass is 9.90. The molecule has 0 saturated carbocycles. The molecule has 1 aliphatic heterocycles. The van der Waals surface area contributed by atoms with Gasteiger partial charge in [-0.3, -0.25) is 9.69 Å². The normalized spacial score (nSPS) is 19.9. The number of piperidine rings is 1. The zero-order valence-electron chi connectivity index (χ0n) is 16.7. The number of likely N-dealkylation sites (tertiary alicyclic amines) is 1. The van der Waals surface area contributed by atoms with E-state index in [9.17, 15) is 4.79 Å². The Labute approximate surface area is 170 Å². The summed E-state index contributed by atoms with van der Waals surface area (Å²) < 4.78 is 10.6. The van der Waals surface area contributed by atoms with Gasteiger partial charge in [-0.1, -0.05) is 0 Å². The first-order valence-electron chi connectivity index (χ1n) is 10.1. The number of benzene rings is 1. The highest BCUT2D eigenvalue weighted by molar-refractivity contribution is 7.11. The average Bonchev–Trinajstić information content (AvgIpc) is 3.15. The minimum atomic E-state index is 0.0291. The number of rotatable bonds is 6. The van der Waals surface area contributed by atoms with E-state index in [0.717, 1.165) is 38.9 Å². The van der Waals surface area contributed by atoms with E-state index in [1.807, 2.05) is 23.5 Å². The first kappa shape index (κ1) is 19.4. The van der Waals surface area contributed by atoms with Gasteiger partial charge in [0.1, 0.15) is 5.01 Å². The number of fused-ring (bicyclic) bond motifs is 1. The average molecular weight is 401 g/mol. The van der Waals surface area contributed by atoms with Gasteiger partial charge in [-0.2, -0.15) is 0 Å². The van der Waals surface area contributed by atoms with Gasteiger partial charge in [0, 0.05) is 22.9 Å². The second-order valence-electron chi connectivity index (χ2n) is 7.69. The quantitative estimate of drug-likeness (QED) is 0.683. The van der Waals surface area contributed by atoms with Crippen LogP contribution in [0.3, 0.4) is 0 Å². The lowest BCUT2D eigenvalue weighted by Crippen LogP contribution is -2.38. The van der Waals surface area contributed by atoms with E-state index in [1.165, 1.54) is 34.8 Å². The number of carbonyl (C=O) groups is 1. The Hall–Kier alpha value is -1.92. The van der Waals surface area contributed by atoms with Gasteiger partial charge >= 0.3 is 0 Å². The Morgan fingerprint density at radius 1 is 1.18 bits per heavy atom. The van der Waals surface area contributed by atoms with Crippen molar-refractivity contribution >= 4 is 17.1 Å². The molecule has 2 heterocycles. The molecule has 0 N–H and O–H groups in total. The van der Waals surface area contributed by atoms with Crippen molar-refractivity contribution in [2.75, 3.05) is 27.3 Å². The number of ether oxygens (including phenoxy) is 2. The van der Waals surface area contributed by atoms with Gasteiger partial charge in [0.2, 0.25) is 0 Å². The molecule has 1 aromatic carbocycles. The number of hydrogen-bond acceptors (Lipinski definition) is 6. The molecule has 1 aromatic heterocycles. The maximum atomic E-state index is 13.1. The van der Waals surface area contributed by atoms with Crippen LogP contribution in [0.5, 0.6) is 11.5 Å². The molecule has 4 rings (SSSR count). The highest BCUT2D eigenvalue weighted by Gasteiger charge is 2.28. The lowest BCUT2D eigenvalue weighted by Gasteiger charge is -2.31. The van der Waals surface area contributed by atoms with E-state index < -0.39 is 0 Å². The minimum Gasteiger partial charge on any atom is -0.493 e. The second-order valence-corrected chi connectivity index (χ2v) is 8.86. The Kier molecular flexibility index (Phi) is 5.97. The molecule has 1 aliphatic carbocycles. The maximum Gasteiger partial charge on any atom is 0.167 e. The van der Waals surface area contributed by atoms with Crippen molar-refractivity contribution in [1.82, 2.24) is 9.88 Å². The summed E-state index contributed by atoms with van der Waals surface area (Å²) in [5.74, 6) is 1.48. The third-order valence-electron chi connectivity index (χ3n) is 5.79. The smallest absolute Gasteiger partial charge is 0.167 e. The fraction of sp³-hybridized carbons (Fsp3) is 0.545. The van der Waals surface area contributed by atoms with Crippen LogP contribution >= 0.6 is 11.3 Å². The fourth-order valence-corrected chi connectivity index (χ4v) is 5.50. The molecule has 150 valence electrons. The van der Waals surface area contributed by atoms with Crippen LogP contribution in [0.1, 0.15) is 51.6 Å². The van der Waals surface area contributed by atoms with E-state index >= 15 is 0 Å². The van der Waals surface area contributed by atoms with E-state index in [-0.39, 0.29) is 11.7 Å². The zero-order chi connectivity index (χ0) is 19.5. The molecular formula is C22H28N2O3S. The van der Waals surface area contributed by atoms with Crippen LogP contribution in [0.2, 0.25) is 0 Å². The second kappa shape index (κ2) is 8.62. The van der Waals surface area contributed by atoms with E-state index in [0.29, 0.717) is 17.1 Å². The predicted molar refractivity (Wildman–Crippen MR) is 111 cm³/mol. The Morgan fingerprint density at radius 3 is 2.79 bits per heavy atom. The summed E-state index contributed by atoms with van der Waals surface area (Å²) in [6.07, 6.45) is 6.87.